The van der Waals surface area contributed by atoms with E-state index in [2.05, 4.69) is 26.9 Å². The molecule has 5 atom stereocenters. The smallest absolute Gasteiger partial charge is 0.320 e. The third kappa shape index (κ3) is 2.92. The number of carbonyl (C=O) groups is 1. The van der Waals surface area contributed by atoms with E-state index < -0.39 is 0 Å². The van der Waals surface area contributed by atoms with Crippen LogP contribution in [0.25, 0.3) is 0 Å². The summed E-state index contributed by atoms with van der Waals surface area (Å²) in [5.74, 6) is 2.71. The highest BCUT2D eigenvalue weighted by molar-refractivity contribution is 7.09. The highest BCUT2D eigenvalue weighted by Crippen LogP contribution is 2.71. The molecule has 3 saturated heterocycles. The molecule has 4 aliphatic heterocycles. The van der Waals surface area contributed by atoms with Crippen molar-refractivity contribution in [2.45, 2.75) is 75.1 Å². The zero-order chi connectivity index (χ0) is 24.9. The Morgan fingerprint density at radius 1 is 1.24 bits per heavy atom. The highest BCUT2D eigenvalue weighted by atomic mass is 32.1. The van der Waals surface area contributed by atoms with Crippen molar-refractivity contribution in [2.75, 3.05) is 33.8 Å². The van der Waals surface area contributed by atoms with E-state index in [0.29, 0.717) is 12.6 Å². The van der Waals surface area contributed by atoms with Crippen LogP contribution >= 0.6 is 11.3 Å². The van der Waals surface area contributed by atoms with Gasteiger partial charge in [0.05, 0.1) is 19.7 Å². The molecule has 2 spiro atoms. The van der Waals surface area contributed by atoms with Crippen molar-refractivity contribution in [1.82, 2.24) is 19.7 Å². The lowest BCUT2D eigenvalue weighted by atomic mass is 9.42. The molecule has 1 aromatic heterocycles. The van der Waals surface area contributed by atoms with Crippen molar-refractivity contribution in [3.63, 3.8) is 0 Å². The summed E-state index contributed by atoms with van der Waals surface area (Å²) in [5, 5.41) is 2.96. The number of aromatic nitrogens is 1. The van der Waals surface area contributed by atoms with E-state index in [4.69, 9.17) is 9.47 Å². The van der Waals surface area contributed by atoms with Crippen molar-refractivity contribution in [3.8, 4) is 11.5 Å². The summed E-state index contributed by atoms with van der Waals surface area (Å²) in [6.45, 7) is 3.76. The van der Waals surface area contributed by atoms with Crippen LogP contribution in [0.5, 0.6) is 11.5 Å². The van der Waals surface area contributed by atoms with Crippen LogP contribution in [0.2, 0.25) is 0 Å². The van der Waals surface area contributed by atoms with Crippen molar-refractivity contribution in [3.05, 3.63) is 39.8 Å². The number of amides is 2. The predicted molar refractivity (Wildman–Crippen MR) is 141 cm³/mol. The van der Waals surface area contributed by atoms with Gasteiger partial charge in [0, 0.05) is 54.1 Å². The number of carbonyl (C=O) groups excluding carboxylic acids is 1. The van der Waals surface area contributed by atoms with Crippen molar-refractivity contribution in [2.24, 2.45) is 11.3 Å². The van der Waals surface area contributed by atoms with Gasteiger partial charge in [0.2, 0.25) is 0 Å². The Morgan fingerprint density at radius 3 is 2.92 bits per heavy atom. The third-order valence-corrected chi connectivity index (χ3v) is 11.6. The van der Waals surface area contributed by atoms with Crippen LogP contribution in [0.15, 0.2) is 23.7 Å². The Balaban J connectivity index is 1.23. The second-order valence-corrected chi connectivity index (χ2v) is 13.3. The molecule has 0 unspecified atom stereocenters. The zero-order valence-electron chi connectivity index (χ0n) is 21.8. The Morgan fingerprint density at radius 2 is 2.14 bits per heavy atom. The quantitative estimate of drug-likeness (QED) is 0.589. The maximum absolute atomic E-state index is 14.0. The van der Waals surface area contributed by atoms with E-state index in [1.54, 1.807) is 18.4 Å². The fourth-order valence-corrected chi connectivity index (χ4v) is 9.87. The summed E-state index contributed by atoms with van der Waals surface area (Å²) in [7, 11) is 3.68. The molecule has 5 fully saturated rings. The molecule has 0 radical (unpaired) electrons. The molecule has 3 aliphatic carbocycles. The van der Waals surface area contributed by atoms with Crippen molar-refractivity contribution >= 4 is 17.4 Å². The summed E-state index contributed by atoms with van der Waals surface area (Å²) >= 11 is 1.61. The molecule has 9 rings (SSSR count). The van der Waals surface area contributed by atoms with Crippen LogP contribution in [0.1, 0.15) is 54.7 Å². The number of hydrogen-bond donors (Lipinski definition) is 0. The number of nitrogens with zero attached hydrogens (tertiary/aromatic N) is 4. The highest BCUT2D eigenvalue weighted by Gasteiger charge is 2.74. The van der Waals surface area contributed by atoms with Crippen molar-refractivity contribution in [1.29, 1.82) is 0 Å². The molecule has 7 nitrogen and oxygen atoms in total. The molecule has 2 saturated carbocycles. The maximum atomic E-state index is 14.0. The maximum Gasteiger partial charge on any atom is 0.320 e. The number of ether oxygens (including phenoxy) is 2. The molecular weight excluding hydrogens is 484 g/mol. The molecular formula is C29H36N4O3S. The normalized spacial score (nSPS) is 35.1. The fourth-order valence-electron chi connectivity index (χ4n) is 9.20. The second kappa shape index (κ2) is 7.85. The molecule has 2 aromatic rings. The molecule has 4 bridgehead atoms. The number of urea groups is 1. The first kappa shape index (κ1) is 22.6. The summed E-state index contributed by atoms with van der Waals surface area (Å²) in [4.78, 5) is 25.3. The third-order valence-electron chi connectivity index (χ3n) is 10.8. The van der Waals surface area contributed by atoms with Gasteiger partial charge in [0.1, 0.15) is 11.1 Å². The first-order valence-electron chi connectivity index (χ1n) is 14.1. The van der Waals surface area contributed by atoms with Gasteiger partial charge in [-0.15, -0.1) is 11.3 Å². The Labute approximate surface area is 222 Å². The van der Waals surface area contributed by atoms with Gasteiger partial charge >= 0.3 is 6.03 Å². The van der Waals surface area contributed by atoms with Gasteiger partial charge in [-0.25, -0.2) is 9.78 Å². The summed E-state index contributed by atoms with van der Waals surface area (Å²) < 4.78 is 12.9. The van der Waals surface area contributed by atoms with Crippen LogP contribution in [0.4, 0.5) is 4.79 Å². The number of benzene rings is 1. The van der Waals surface area contributed by atoms with E-state index in [1.807, 2.05) is 23.5 Å². The largest absolute Gasteiger partial charge is 0.493 e. The average molecular weight is 521 g/mol. The van der Waals surface area contributed by atoms with Gasteiger partial charge in [-0.3, -0.25) is 4.90 Å². The lowest BCUT2D eigenvalue weighted by molar-refractivity contribution is -0.129. The number of thiazole rings is 1. The number of rotatable bonds is 5. The van der Waals surface area contributed by atoms with E-state index in [1.165, 1.54) is 36.9 Å². The minimum Gasteiger partial charge on any atom is -0.493 e. The summed E-state index contributed by atoms with van der Waals surface area (Å²) in [6.07, 6.45) is 10.1. The molecule has 7 aliphatic rings. The lowest BCUT2D eigenvalue weighted by Gasteiger charge is -2.66. The van der Waals surface area contributed by atoms with Crippen LogP contribution in [-0.2, 0) is 18.4 Å². The van der Waals surface area contributed by atoms with Crippen molar-refractivity contribution < 1.29 is 14.3 Å². The summed E-state index contributed by atoms with van der Waals surface area (Å²) in [5.41, 5.74) is 3.02. The molecule has 8 heteroatoms. The standard InChI is InChI=1S/C29H36N4O3S/c1-31(17-23-30-11-14-37-23)27(34)33-13-9-28-8-7-20(33)26-29(28)10-12-32(16-18-3-4-18)22(28)15-19-5-6-21(35-2)25(36-26)24(19)29/h5-6,11,14,18,20,22,26H,3-4,7-10,12-13,15-17H2,1-2H3/t20-,22-,26+,28-,29+/m1/s1. The Hall–Kier alpha value is -2.32. The monoisotopic (exact) mass is 520 g/mol. The molecule has 2 amide bonds. The van der Waals surface area contributed by atoms with Gasteiger partial charge in [-0.05, 0) is 69.0 Å². The van der Waals surface area contributed by atoms with Gasteiger partial charge in [0.25, 0.3) is 0 Å². The fraction of sp³-hybridized carbons (Fsp3) is 0.655. The topological polar surface area (TPSA) is 58.1 Å². The summed E-state index contributed by atoms with van der Waals surface area (Å²) in [6, 6.07) is 5.16. The van der Waals surface area contributed by atoms with Crippen LogP contribution in [-0.4, -0.2) is 77.7 Å². The second-order valence-electron chi connectivity index (χ2n) is 12.3. The zero-order valence-corrected chi connectivity index (χ0v) is 22.6. The number of likely N-dealkylation sites (tertiary alicyclic amines) is 1. The molecule has 5 heterocycles. The molecule has 1 aromatic carbocycles. The Bertz CT molecular complexity index is 1250. The van der Waals surface area contributed by atoms with Gasteiger partial charge in [0.15, 0.2) is 11.5 Å². The van der Waals surface area contributed by atoms with Crippen LogP contribution < -0.4 is 9.47 Å². The molecule has 37 heavy (non-hydrogen) atoms. The first-order chi connectivity index (χ1) is 18.1. The first-order valence-corrected chi connectivity index (χ1v) is 14.9. The average Bonchev–Trinajstić information content (AvgIpc) is 3.53. The number of piperidine rings is 1. The lowest BCUT2D eigenvalue weighted by Crippen LogP contribution is -2.73. The number of methoxy groups -OCH3 is 1. The van der Waals surface area contributed by atoms with E-state index >= 15 is 0 Å². The van der Waals surface area contributed by atoms with Gasteiger partial charge in [-0.1, -0.05) is 6.07 Å². The van der Waals surface area contributed by atoms with E-state index in [0.717, 1.165) is 61.2 Å². The molecule has 0 N–H and O–H groups in total. The Kier molecular flexibility index (Phi) is 4.81. The number of fused-ring (bicyclic) bond motifs is 3. The van der Waals surface area contributed by atoms with Crippen LogP contribution in [0, 0.1) is 11.3 Å². The van der Waals surface area contributed by atoms with E-state index in [-0.39, 0.29) is 29.0 Å². The van der Waals surface area contributed by atoms with E-state index in [9.17, 15) is 4.79 Å². The minimum atomic E-state index is -0.0268. The predicted octanol–water partition coefficient (Wildman–Crippen LogP) is 4.30. The van der Waals surface area contributed by atoms with Gasteiger partial charge < -0.3 is 19.3 Å². The molecule has 196 valence electrons. The number of hydrogen-bond acceptors (Lipinski definition) is 6. The van der Waals surface area contributed by atoms with Gasteiger partial charge in [-0.2, -0.15) is 0 Å². The van der Waals surface area contributed by atoms with Crippen LogP contribution in [0.3, 0.4) is 0 Å². The SMILES string of the molecule is COc1ccc2c3c1O[C@H]1[C@H]4CC[C@@]5(CCN4C(=O)N(C)Cc4nccs4)[C@@H](C2)N(CC2CC2)CC[C@]315. The minimum absolute atomic E-state index is 0.00288.